The lowest BCUT2D eigenvalue weighted by atomic mass is 10.1. The zero-order chi connectivity index (χ0) is 9.84. The van der Waals surface area contributed by atoms with Crippen molar-refractivity contribution in [1.82, 2.24) is 0 Å². The maximum absolute atomic E-state index is 5.65. The van der Waals surface area contributed by atoms with E-state index in [4.69, 9.17) is 11.5 Å². The Kier molecular flexibility index (Phi) is 3.14. The minimum Gasteiger partial charge on any atom is -0.399 e. The Morgan fingerprint density at radius 2 is 2.08 bits per heavy atom. The van der Waals surface area contributed by atoms with Gasteiger partial charge < -0.3 is 16.8 Å². The van der Waals surface area contributed by atoms with E-state index in [9.17, 15) is 0 Å². The zero-order valence-electron chi connectivity index (χ0n) is 8.17. The van der Waals surface area contributed by atoms with E-state index in [1.54, 1.807) is 0 Å². The van der Waals surface area contributed by atoms with Gasteiger partial charge in [0.15, 0.2) is 0 Å². The Morgan fingerprint density at radius 1 is 1.38 bits per heavy atom. The number of nitrogens with two attached hydrogens (primary N) is 2. The highest BCUT2D eigenvalue weighted by Gasteiger charge is 2.01. The Balaban J connectivity index is 2.92. The molecule has 0 aliphatic carbocycles. The SMILES string of the molecule is CC(C)Nc1ccc(N)cc1CN. The first kappa shape index (κ1) is 9.86. The van der Waals surface area contributed by atoms with Crippen molar-refractivity contribution in [2.24, 2.45) is 5.73 Å². The van der Waals surface area contributed by atoms with Gasteiger partial charge >= 0.3 is 0 Å². The molecule has 0 aliphatic heterocycles. The van der Waals surface area contributed by atoms with Gasteiger partial charge in [0.05, 0.1) is 0 Å². The first-order valence-electron chi connectivity index (χ1n) is 4.48. The van der Waals surface area contributed by atoms with Crippen LogP contribution in [0.15, 0.2) is 18.2 Å². The van der Waals surface area contributed by atoms with Gasteiger partial charge in [-0.25, -0.2) is 0 Å². The van der Waals surface area contributed by atoms with Crippen molar-refractivity contribution in [2.45, 2.75) is 26.4 Å². The molecule has 0 bridgehead atoms. The van der Waals surface area contributed by atoms with Gasteiger partial charge in [-0.05, 0) is 37.6 Å². The fourth-order valence-corrected chi connectivity index (χ4v) is 1.23. The molecule has 1 aromatic carbocycles. The highest BCUT2D eigenvalue weighted by Crippen LogP contribution is 2.18. The van der Waals surface area contributed by atoms with Crippen LogP contribution in [0.5, 0.6) is 0 Å². The third kappa shape index (κ3) is 2.63. The van der Waals surface area contributed by atoms with Gasteiger partial charge in [-0.3, -0.25) is 0 Å². The molecular formula is C10H17N3. The number of rotatable bonds is 3. The van der Waals surface area contributed by atoms with Crippen LogP contribution in [0.2, 0.25) is 0 Å². The van der Waals surface area contributed by atoms with Crippen molar-refractivity contribution in [1.29, 1.82) is 0 Å². The second-order valence-electron chi connectivity index (χ2n) is 3.42. The Hall–Kier alpha value is -1.22. The van der Waals surface area contributed by atoms with Crippen LogP contribution in [0, 0.1) is 0 Å². The van der Waals surface area contributed by atoms with E-state index in [0.29, 0.717) is 12.6 Å². The highest BCUT2D eigenvalue weighted by atomic mass is 14.9. The van der Waals surface area contributed by atoms with Crippen molar-refractivity contribution < 1.29 is 0 Å². The maximum Gasteiger partial charge on any atom is 0.0389 e. The lowest BCUT2D eigenvalue weighted by Crippen LogP contribution is -2.13. The number of nitrogen functional groups attached to an aromatic ring is 1. The first-order chi connectivity index (χ1) is 6.13. The summed E-state index contributed by atoms with van der Waals surface area (Å²) in [5.41, 5.74) is 14.1. The number of nitrogens with one attached hydrogen (secondary N) is 1. The zero-order valence-corrected chi connectivity index (χ0v) is 8.17. The van der Waals surface area contributed by atoms with Crippen LogP contribution in [0.25, 0.3) is 0 Å². The topological polar surface area (TPSA) is 64.1 Å². The Morgan fingerprint density at radius 3 is 2.62 bits per heavy atom. The first-order valence-corrected chi connectivity index (χ1v) is 4.48. The molecule has 0 heterocycles. The standard InChI is InChI=1S/C10H17N3/c1-7(2)13-10-4-3-9(12)5-8(10)6-11/h3-5,7,13H,6,11-12H2,1-2H3. The molecule has 13 heavy (non-hydrogen) atoms. The molecule has 1 rings (SSSR count). The van der Waals surface area contributed by atoms with Gasteiger partial charge in [-0.1, -0.05) is 0 Å². The number of anilines is 2. The quantitative estimate of drug-likeness (QED) is 0.617. The minimum absolute atomic E-state index is 0.411. The van der Waals surface area contributed by atoms with Crippen LogP contribution in [0.1, 0.15) is 19.4 Å². The van der Waals surface area contributed by atoms with E-state index in [1.165, 1.54) is 0 Å². The van der Waals surface area contributed by atoms with Gasteiger partial charge in [0.1, 0.15) is 0 Å². The molecule has 0 saturated heterocycles. The molecular weight excluding hydrogens is 162 g/mol. The van der Waals surface area contributed by atoms with Gasteiger partial charge in [-0.15, -0.1) is 0 Å². The van der Waals surface area contributed by atoms with Crippen molar-refractivity contribution in [2.75, 3.05) is 11.1 Å². The Bertz CT molecular complexity index is 281. The van der Waals surface area contributed by atoms with E-state index in [0.717, 1.165) is 16.9 Å². The van der Waals surface area contributed by atoms with Crippen molar-refractivity contribution in [3.8, 4) is 0 Å². The van der Waals surface area contributed by atoms with Crippen molar-refractivity contribution in [3.63, 3.8) is 0 Å². The van der Waals surface area contributed by atoms with E-state index in [-0.39, 0.29) is 0 Å². The van der Waals surface area contributed by atoms with Crippen LogP contribution < -0.4 is 16.8 Å². The molecule has 0 spiro atoms. The van der Waals surface area contributed by atoms with E-state index >= 15 is 0 Å². The summed E-state index contributed by atoms with van der Waals surface area (Å²) in [5, 5.41) is 3.32. The summed E-state index contributed by atoms with van der Waals surface area (Å²) in [7, 11) is 0. The molecule has 3 nitrogen and oxygen atoms in total. The second kappa shape index (κ2) is 4.14. The van der Waals surface area contributed by atoms with Crippen molar-refractivity contribution >= 4 is 11.4 Å². The molecule has 0 radical (unpaired) electrons. The molecule has 0 aliphatic rings. The van der Waals surface area contributed by atoms with Gasteiger partial charge in [0, 0.05) is 24.0 Å². The van der Waals surface area contributed by atoms with Gasteiger partial charge in [0.2, 0.25) is 0 Å². The van der Waals surface area contributed by atoms with Gasteiger partial charge in [-0.2, -0.15) is 0 Å². The molecule has 1 aromatic rings. The van der Waals surface area contributed by atoms with E-state index in [2.05, 4.69) is 19.2 Å². The molecule has 0 atom stereocenters. The summed E-state index contributed by atoms with van der Waals surface area (Å²) < 4.78 is 0. The average Bonchev–Trinajstić information content (AvgIpc) is 2.07. The smallest absolute Gasteiger partial charge is 0.0389 e. The number of hydrogen-bond acceptors (Lipinski definition) is 3. The molecule has 5 N–H and O–H groups in total. The predicted molar refractivity (Wildman–Crippen MR) is 57.5 cm³/mol. The van der Waals surface area contributed by atoms with Crippen LogP contribution in [0.4, 0.5) is 11.4 Å². The molecule has 72 valence electrons. The summed E-state index contributed by atoms with van der Waals surface area (Å²) in [6, 6.07) is 6.17. The van der Waals surface area contributed by atoms with E-state index < -0.39 is 0 Å². The lowest BCUT2D eigenvalue weighted by molar-refractivity contribution is 0.892. The third-order valence-corrected chi connectivity index (χ3v) is 1.79. The van der Waals surface area contributed by atoms with Crippen LogP contribution in [-0.4, -0.2) is 6.04 Å². The molecule has 0 unspecified atom stereocenters. The number of hydrogen-bond donors (Lipinski definition) is 3. The second-order valence-corrected chi connectivity index (χ2v) is 3.42. The predicted octanol–water partition coefficient (Wildman–Crippen LogP) is 1.55. The normalized spacial score (nSPS) is 10.5. The van der Waals surface area contributed by atoms with E-state index in [1.807, 2.05) is 18.2 Å². The molecule has 3 heteroatoms. The summed E-state index contributed by atoms with van der Waals surface area (Å²) >= 11 is 0. The lowest BCUT2D eigenvalue weighted by Gasteiger charge is -2.14. The summed E-state index contributed by atoms with van der Waals surface area (Å²) in [4.78, 5) is 0. The molecule has 0 aromatic heterocycles. The molecule has 0 fully saturated rings. The average molecular weight is 179 g/mol. The summed E-state index contributed by atoms with van der Waals surface area (Å²) in [6.07, 6.45) is 0. The third-order valence-electron chi connectivity index (χ3n) is 1.79. The summed E-state index contributed by atoms with van der Waals surface area (Å²) in [5.74, 6) is 0. The molecule has 0 amide bonds. The monoisotopic (exact) mass is 179 g/mol. The van der Waals surface area contributed by atoms with Crippen LogP contribution in [-0.2, 0) is 6.54 Å². The largest absolute Gasteiger partial charge is 0.399 e. The maximum atomic E-state index is 5.65. The van der Waals surface area contributed by atoms with Crippen LogP contribution >= 0.6 is 0 Å². The fraction of sp³-hybridized carbons (Fsp3) is 0.400. The highest BCUT2D eigenvalue weighted by molar-refractivity contribution is 5.58. The van der Waals surface area contributed by atoms with Gasteiger partial charge in [0.25, 0.3) is 0 Å². The Labute approximate surface area is 79.1 Å². The summed E-state index contributed by atoms with van der Waals surface area (Å²) in [6.45, 7) is 4.70. The number of benzene rings is 1. The van der Waals surface area contributed by atoms with Crippen LogP contribution in [0.3, 0.4) is 0 Å². The van der Waals surface area contributed by atoms with Crippen molar-refractivity contribution in [3.05, 3.63) is 23.8 Å². The molecule has 0 saturated carbocycles. The minimum atomic E-state index is 0.411. The fourth-order valence-electron chi connectivity index (χ4n) is 1.23.